The molecule has 1 saturated carbocycles. The van der Waals surface area contributed by atoms with E-state index in [4.69, 9.17) is 9.72 Å². The normalized spacial score (nSPS) is 13.8. The molecule has 9 heteroatoms. The van der Waals surface area contributed by atoms with E-state index >= 15 is 0 Å². The summed E-state index contributed by atoms with van der Waals surface area (Å²) >= 11 is -2.71. The molecule has 1 amide bonds. The first-order valence-corrected chi connectivity index (χ1v) is 15.1. The summed E-state index contributed by atoms with van der Waals surface area (Å²) in [5.41, 5.74) is 6.04. The van der Waals surface area contributed by atoms with Crippen LogP contribution in [0.2, 0.25) is 0 Å². The van der Waals surface area contributed by atoms with Crippen molar-refractivity contribution in [3.05, 3.63) is 83.2 Å². The summed E-state index contributed by atoms with van der Waals surface area (Å²) < 4.78 is 32.5. The van der Waals surface area contributed by atoms with Crippen molar-refractivity contribution in [3.63, 3.8) is 0 Å². The van der Waals surface area contributed by atoms with Crippen molar-refractivity contribution >= 4 is 39.9 Å². The molecule has 0 radical (unpaired) electrons. The minimum Gasteiger partial charge on any atom is -0.755 e. The van der Waals surface area contributed by atoms with Crippen molar-refractivity contribution < 1.29 is 23.1 Å². The van der Waals surface area contributed by atoms with Crippen LogP contribution < -0.4 is 4.31 Å². The minimum absolute atomic E-state index is 0.233. The Morgan fingerprint density at radius 3 is 2.49 bits per heavy atom. The number of aromatic nitrogens is 2. The number of esters is 1. The maximum atomic E-state index is 12.8. The van der Waals surface area contributed by atoms with Crippen LogP contribution in [0.1, 0.15) is 66.8 Å². The molecule has 1 unspecified atom stereocenters. The monoisotopic (exact) mass is 572 g/mol. The number of ether oxygens (including phenoxy) is 1. The Morgan fingerprint density at radius 2 is 1.83 bits per heavy atom. The molecule has 2 aromatic carbocycles. The van der Waals surface area contributed by atoms with E-state index in [1.165, 1.54) is 0 Å². The Hall–Kier alpha value is -3.82. The molecule has 1 fully saturated rings. The fourth-order valence-electron chi connectivity index (χ4n) is 5.12. The number of carbonyl (C=O) groups excluding carboxylic acids is 2. The van der Waals surface area contributed by atoms with Crippen molar-refractivity contribution in [1.82, 2.24) is 9.55 Å². The number of para-hydroxylation sites is 1. The number of aryl methyl sites for hydroxylation is 2. The van der Waals surface area contributed by atoms with Gasteiger partial charge in [0.2, 0.25) is 5.91 Å². The molecule has 2 aromatic heterocycles. The molecule has 1 atom stereocenters. The number of benzene rings is 2. The van der Waals surface area contributed by atoms with Crippen LogP contribution in [0.25, 0.3) is 22.2 Å². The highest BCUT2D eigenvalue weighted by Crippen LogP contribution is 2.37. The van der Waals surface area contributed by atoms with Gasteiger partial charge in [-0.25, -0.2) is 14.1 Å². The van der Waals surface area contributed by atoms with Crippen LogP contribution >= 0.6 is 0 Å². The van der Waals surface area contributed by atoms with Crippen LogP contribution in [-0.4, -0.2) is 36.8 Å². The quantitative estimate of drug-likeness (QED) is 0.159. The lowest BCUT2D eigenvalue weighted by Gasteiger charge is -2.26. The van der Waals surface area contributed by atoms with Crippen LogP contribution in [0, 0.1) is 12.8 Å². The molecular weight excluding hydrogens is 538 g/mol. The summed E-state index contributed by atoms with van der Waals surface area (Å²) in [5.74, 6) is -1.05. The molecule has 0 aliphatic heterocycles. The Bertz CT molecular complexity index is 1610. The Kier molecular flexibility index (Phi) is 8.65. The summed E-state index contributed by atoms with van der Waals surface area (Å²) in [4.78, 5) is 30.0. The summed E-state index contributed by atoms with van der Waals surface area (Å²) in [6.07, 6.45) is 4.42. The fourth-order valence-corrected chi connectivity index (χ4v) is 5.73. The predicted molar refractivity (Wildman–Crippen MR) is 159 cm³/mol. The summed E-state index contributed by atoms with van der Waals surface area (Å²) in [6.45, 7) is 6.76. The number of amides is 1. The first-order chi connectivity index (χ1) is 19.8. The van der Waals surface area contributed by atoms with E-state index in [0.717, 1.165) is 57.0 Å². The number of anilines is 1. The second-order valence-corrected chi connectivity index (χ2v) is 11.2. The van der Waals surface area contributed by atoms with Crippen molar-refractivity contribution in [2.45, 2.75) is 59.4 Å². The van der Waals surface area contributed by atoms with Crippen LogP contribution in [0.3, 0.4) is 0 Å². The van der Waals surface area contributed by atoms with Gasteiger partial charge in [0.25, 0.3) is 0 Å². The van der Waals surface area contributed by atoms with Crippen LogP contribution in [0.4, 0.5) is 5.69 Å². The third-order valence-corrected chi connectivity index (χ3v) is 8.11. The summed E-state index contributed by atoms with van der Waals surface area (Å²) in [7, 11) is 0. The SMILES string of the molecule is CCCCc1cc2c(C)cc(C(=O)OCC)nc2n1Cc1ccc(-c2ccccc2N(C(=O)C2CC2)S(=O)[O-])cc1. The standard InChI is InChI=1S/C32H35N3O5S/c1-4-6-9-25-19-27-21(3)18-28(32(37)40-5-2)33-30(27)34(25)20-22-12-14-23(15-13-22)26-10-7-8-11-29(26)35(41(38)39)31(36)24-16-17-24/h7-8,10-15,18-19,24H,4-6,9,16-17,20H2,1-3H3,(H,38,39)/p-1. The van der Waals surface area contributed by atoms with E-state index in [0.29, 0.717) is 36.3 Å². The van der Waals surface area contributed by atoms with Gasteiger partial charge >= 0.3 is 5.97 Å². The van der Waals surface area contributed by atoms with Crippen LogP contribution in [0.5, 0.6) is 0 Å². The average Bonchev–Trinajstić information content (AvgIpc) is 3.76. The fraction of sp³-hybridized carbons (Fsp3) is 0.344. The number of pyridine rings is 1. The van der Waals surface area contributed by atoms with E-state index in [2.05, 4.69) is 17.6 Å². The van der Waals surface area contributed by atoms with Gasteiger partial charge in [0.1, 0.15) is 5.65 Å². The third-order valence-electron chi connectivity index (χ3n) is 7.43. The lowest BCUT2D eigenvalue weighted by molar-refractivity contribution is -0.118. The second-order valence-electron chi connectivity index (χ2n) is 10.4. The topological polar surface area (TPSA) is 105 Å². The van der Waals surface area contributed by atoms with Crippen LogP contribution in [-0.2, 0) is 33.8 Å². The maximum absolute atomic E-state index is 12.8. The Morgan fingerprint density at radius 1 is 1.10 bits per heavy atom. The molecule has 41 heavy (non-hydrogen) atoms. The van der Waals surface area contributed by atoms with E-state index in [9.17, 15) is 18.4 Å². The number of carbonyl (C=O) groups is 2. The van der Waals surface area contributed by atoms with Gasteiger partial charge in [0, 0.05) is 29.1 Å². The van der Waals surface area contributed by atoms with E-state index in [1.54, 1.807) is 25.1 Å². The van der Waals surface area contributed by atoms with Crippen LogP contribution in [0.15, 0.2) is 60.7 Å². The molecule has 2 heterocycles. The van der Waals surface area contributed by atoms with Crippen molar-refractivity contribution in [1.29, 1.82) is 0 Å². The zero-order valence-corrected chi connectivity index (χ0v) is 24.4. The summed E-state index contributed by atoms with van der Waals surface area (Å²) in [6, 6.07) is 18.9. The predicted octanol–water partition coefficient (Wildman–Crippen LogP) is 6.12. The number of unbranched alkanes of at least 4 members (excludes halogenated alkanes) is 1. The highest BCUT2D eigenvalue weighted by atomic mass is 32.2. The lowest BCUT2D eigenvalue weighted by atomic mass is 10.0. The molecule has 1 aliphatic carbocycles. The minimum atomic E-state index is -2.71. The van der Waals surface area contributed by atoms with Crippen molar-refractivity contribution in [2.75, 3.05) is 10.9 Å². The third kappa shape index (κ3) is 6.11. The van der Waals surface area contributed by atoms with Crippen molar-refractivity contribution in [2.24, 2.45) is 5.92 Å². The lowest BCUT2D eigenvalue weighted by Crippen LogP contribution is -2.34. The molecule has 0 saturated heterocycles. The number of fused-ring (bicyclic) bond motifs is 1. The molecule has 8 nitrogen and oxygen atoms in total. The van der Waals surface area contributed by atoms with Gasteiger partial charge < -0.3 is 13.9 Å². The molecular formula is C32H34N3O5S-. The Labute approximate surface area is 242 Å². The number of nitrogens with zero attached hydrogens (tertiary/aromatic N) is 3. The average molecular weight is 573 g/mol. The van der Waals surface area contributed by atoms with Crippen molar-refractivity contribution in [3.8, 4) is 11.1 Å². The first kappa shape index (κ1) is 28.7. The van der Waals surface area contributed by atoms with Gasteiger partial charge in [-0.05, 0) is 74.4 Å². The van der Waals surface area contributed by atoms with Gasteiger partial charge in [-0.1, -0.05) is 55.8 Å². The second kappa shape index (κ2) is 12.4. The zero-order chi connectivity index (χ0) is 29.1. The highest BCUT2D eigenvalue weighted by molar-refractivity contribution is 7.81. The molecule has 0 N–H and O–H groups in total. The number of hydrogen-bond donors (Lipinski definition) is 0. The molecule has 4 aromatic rings. The molecule has 0 bridgehead atoms. The van der Waals surface area contributed by atoms with Gasteiger partial charge in [0.15, 0.2) is 5.69 Å². The number of hydrogen-bond acceptors (Lipinski definition) is 6. The van der Waals surface area contributed by atoms with E-state index in [-0.39, 0.29) is 18.4 Å². The van der Waals surface area contributed by atoms with E-state index < -0.39 is 17.2 Å². The largest absolute Gasteiger partial charge is 0.755 e. The molecule has 0 spiro atoms. The summed E-state index contributed by atoms with van der Waals surface area (Å²) in [5, 5.41) is 1.01. The highest BCUT2D eigenvalue weighted by Gasteiger charge is 2.35. The van der Waals surface area contributed by atoms with Gasteiger partial charge in [-0.3, -0.25) is 9.00 Å². The smallest absolute Gasteiger partial charge is 0.357 e. The zero-order valence-electron chi connectivity index (χ0n) is 23.6. The van der Waals surface area contributed by atoms with Gasteiger partial charge in [-0.15, -0.1) is 0 Å². The molecule has 1 aliphatic rings. The molecule has 214 valence electrons. The van der Waals surface area contributed by atoms with E-state index in [1.807, 2.05) is 43.3 Å². The van der Waals surface area contributed by atoms with Gasteiger partial charge in [-0.2, -0.15) is 0 Å². The molecule has 5 rings (SSSR count). The Balaban J connectivity index is 1.49. The maximum Gasteiger partial charge on any atom is 0.357 e. The van der Waals surface area contributed by atoms with Gasteiger partial charge in [0.05, 0.1) is 23.6 Å². The number of rotatable bonds is 11. The first-order valence-electron chi connectivity index (χ1n) is 14.1.